The summed E-state index contributed by atoms with van der Waals surface area (Å²) in [5.41, 5.74) is 3.22. The van der Waals surface area contributed by atoms with E-state index in [1.807, 2.05) is 6.07 Å². The van der Waals surface area contributed by atoms with Gasteiger partial charge in [0.05, 0.1) is 11.4 Å². The number of amides is 1. The van der Waals surface area contributed by atoms with Gasteiger partial charge in [0.25, 0.3) is 0 Å². The summed E-state index contributed by atoms with van der Waals surface area (Å²) in [6.07, 6.45) is 7.31. The van der Waals surface area contributed by atoms with Crippen LogP contribution in [-0.2, 0) is 10.5 Å². The van der Waals surface area contributed by atoms with Gasteiger partial charge in [0.2, 0.25) is 5.91 Å². The van der Waals surface area contributed by atoms with E-state index < -0.39 is 0 Å². The standard InChI is InChI=1S/C19H28N4OS/c1-3-10-23(17-6-8-20-9-7-17)19(24)14-25-13-16-12-22-11-15(2)4-5-18(22)21-16/h4-5,11-12,17,20H,3,6-10,13-14H2,1-2H3. The smallest absolute Gasteiger partial charge is 0.232 e. The van der Waals surface area contributed by atoms with Crippen LogP contribution >= 0.6 is 11.8 Å². The number of aryl methyl sites for hydroxylation is 1. The van der Waals surface area contributed by atoms with Crippen molar-refractivity contribution in [2.24, 2.45) is 0 Å². The van der Waals surface area contributed by atoms with Crippen LogP contribution in [0.4, 0.5) is 0 Å². The van der Waals surface area contributed by atoms with Gasteiger partial charge in [0, 0.05) is 30.7 Å². The van der Waals surface area contributed by atoms with E-state index in [0.29, 0.717) is 11.8 Å². The van der Waals surface area contributed by atoms with Gasteiger partial charge < -0.3 is 14.6 Å². The number of carbonyl (C=O) groups excluding carboxylic acids is 1. The van der Waals surface area contributed by atoms with Crippen LogP contribution in [0.15, 0.2) is 24.5 Å². The molecule has 0 aliphatic carbocycles. The monoisotopic (exact) mass is 360 g/mol. The Morgan fingerprint density at radius 2 is 2.16 bits per heavy atom. The van der Waals surface area contributed by atoms with Crippen LogP contribution in [0, 0.1) is 6.92 Å². The molecule has 0 spiro atoms. The van der Waals surface area contributed by atoms with Gasteiger partial charge in [-0.2, -0.15) is 0 Å². The molecule has 0 saturated carbocycles. The molecule has 0 atom stereocenters. The second kappa shape index (κ2) is 8.72. The van der Waals surface area contributed by atoms with E-state index in [2.05, 4.69) is 51.9 Å². The Hall–Kier alpha value is -1.53. The van der Waals surface area contributed by atoms with E-state index in [4.69, 9.17) is 0 Å². The molecule has 6 heteroatoms. The predicted molar refractivity (Wildman–Crippen MR) is 104 cm³/mol. The highest BCUT2D eigenvalue weighted by Crippen LogP contribution is 2.17. The number of hydrogen-bond donors (Lipinski definition) is 1. The van der Waals surface area contributed by atoms with Crippen molar-refractivity contribution in [2.75, 3.05) is 25.4 Å². The first-order chi connectivity index (χ1) is 12.2. The first-order valence-electron chi connectivity index (χ1n) is 9.19. The van der Waals surface area contributed by atoms with E-state index in [1.54, 1.807) is 11.8 Å². The third kappa shape index (κ3) is 4.76. The van der Waals surface area contributed by atoms with Gasteiger partial charge in [-0.3, -0.25) is 4.79 Å². The number of nitrogens with zero attached hydrogens (tertiary/aromatic N) is 3. The molecule has 0 radical (unpaired) electrons. The zero-order chi connectivity index (χ0) is 17.6. The maximum absolute atomic E-state index is 12.7. The maximum Gasteiger partial charge on any atom is 0.232 e. The first-order valence-corrected chi connectivity index (χ1v) is 10.3. The van der Waals surface area contributed by atoms with Crippen LogP contribution in [0.1, 0.15) is 37.4 Å². The molecular weight excluding hydrogens is 332 g/mol. The molecule has 2 aromatic rings. The Labute approximate surface area is 154 Å². The number of aromatic nitrogens is 2. The molecule has 3 heterocycles. The second-order valence-electron chi connectivity index (χ2n) is 6.77. The van der Waals surface area contributed by atoms with Gasteiger partial charge in [-0.05, 0) is 50.9 Å². The number of carbonyl (C=O) groups is 1. The minimum atomic E-state index is 0.276. The van der Waals surface area contributed by atoms with E-state index >= 15 is 0 Å². The van der Waals surface area contributed by atoms with E-state index in [1.165, 1.54) is 5.56 Å². The Morgan fingerprint density at radius 1 is 1.36 bits per heavy atom. The van der Waals surface area contributed by atoms with Gasteiger partial charge in [-0.15, -0.1) is 11.8 Å². The summed E-state index contributed by atoms with van der Waals surface area (Å²) in [5.74, 6) is 1.59. The number of rotatable bonds is 7. The maximum atomic E-state index is 12.7. The molecule has 0 unspecified atom stereocenters. The molecule has 1 aliphatic rings. The van der Waals surface area contributed by atoms with Crippen molar-refractivity contribution in [3.8, 4) is 0 Å². The van der Waals surface area contributed by atoms with Crippen molar-refractivity contribution < 1.29 is 4.79 Å². The third-order valence-electron chi connectivity index (χ3n) is 4.66. The Morgan fingerprint density at radius 3 is 2.92 bits per heavy atom. The average Bonchev–Trinajstić information content (AvgIpc) is 3.02. The van der Waals surface area contributed by atoms with Crippen LogP contribution in [0.2, 0.25) is 0 Å². The molecule has 25 heavy (non-hydrogen) atoms. The predicted octanol–water partition coefficient (Wildman–Crippen LogP) is 2.87. The number of nitrogens with one attached hydrogen (secondary N) is 1. The lowest BCUT2D eigenvalue weighted by molar-refractivity contribution is -0.131. The summed E-state index contributed by atoms with van der Waals surface area (Å²) >= 11 is 1.67. The largest absolute Gasteiger partial charge is 0.339 e. The van der Waals surface area contributed by atoms with Crippen molar-refractivity contribution in [3.05, 3.63) is 35.8 Å². The van der Waals surface area contributed by atoms with Crippen LogP contribution in [0.5, 0.6) is 0 Å². The summed E-state index contributed by atoms with van der Waals surface area (Å²) in [6.45, 7) is 7.14. The highest BCUT2D eigenvalue weighted by atomic mass is 32.2. The molecule has 3 rings (SSSR count). The highest BCUT2D eigenvalue weighted by molar-refractivity contribution is 7.99. The van der Waals surface area contributed by atoms with Crippen molar-refractivity contribution in [3.63, 3.8) is 0 Å². The topological polar surface area (TPSA) is 49.6 Å². The summed E-state index contributed by atoms with van der Waals surface area (Å²) in [4.78, 5) is 19.4. The van der Waals surface area contributed by atoms with Crippen molar-refractivity contribution in [2.45, 2.75) is 44.9 Å². The number of fused-ring (bicyclic) bond motifs is 1. The number of imidazole rings is 1. The fourth-order valence-electron chi connectivity index (χ4n) is 3.42. The molecule has 1 N–H and O–H groups in total. The molecule has 0 bridgehead atoms. The summed E-state index contributed by atoms with van der Waals surface area (Å²) in [5, 5.41) is 3.38. The minimum Gasteiger partial charge on any atom is -0.339 e. The van der Waals surface area contributed by atoms with Crippen LogP contribution in [0.3, 0.4) is 0 Å². The van der Waals surface area contributed by atoms with Gasteiger partial charge in [-0.1, -0.05) is 13.0 Å². The Bertz CT molecular complexity index is 709. The molecule has 2 aromatic heterocycles. The van der Waals surface area contributed by atoms with Crippen molar-refractivity contribution >= 4 is 23.3 Å². The van der Waals surface area contributed by atoms with E-state index in [9.17, 15) is 4.79 Å². The van der Waals surface area contributed by atoms with Crippen molar-refractivity contribution in [1.82, 2.24) is 19.6 Å². The highest BCUT2D eigenvalue weighted by Gasteiger charge is 2.24. The molecule has 1 amide bonds. The molecule has 1 aliphatic heterocycles. The van der Waals surface area contributed by atoms with Gasteiger partial charge in [-0.25, -0.2) is 4.98 Å². The van der Waals surface area contributed by atoms with E-state index in [-0.39, 0.29) is 5.91 Å². The van der Waals surface area contributed by atoms with Crippen LogP contribution in [0.25, 0.3) is 5.65 Å². The molecule has 136 valence electrons. The average molecular weight is 361 g/mol. The number of pyridine rings is 1. The second-order valence-corrected chi connectivity index (χ2v) is 7.75. The number of thioether (sulfide) groups is 1. The van der Waals surface area contributed by atoms with Gasteiger partial charge >= 0.3 is 0 Å². The van der Waals surface area contributed by atoms with Crippen LogP contribution < -0.4 is 5.32 Å². The minimum absolute atomic E-state index is 0.276. The molecular formula is C19H28N4OS. The lowest BCUT2D eigenvalue weighted by atomic mass is 10.0. The third-order valence-corrected chi connectivity index (χ3v) is 5.61. The molecule has 0 aromatic carbocycles. The lowest BCUT2D eigenvalue weighted by Gasteiger charge is -2.34. The molecule has 1 fully saturated rings. The summed E-state index contributed by atoms with van der Waals surface area (Å²) in [6, 6.07) is 4.52. The van der Waals surface area contributed by atoms with Crippen molar-refractivity contribution in [1.29, 1.82) is 0 Å². The summed E-state index contributed by atoms with van der Waals surface area (Å²) in [7, 11) is 0. The normalized spacial score (nSPS) is 15.6. The molecule has 1 saturated heterocycles. The number of piperidine rings is 1. The Balaban J connectivity index is 1.54. The summed E-state index contributed by atoms with van der Waals surface area (Å²) < 4.78 is 2.06. The lowest BCUT2D eigenvalue weighted by Crippen LogP contribution is -2.47. The molecule has 5 nitrogen and oxygen atoms in total. The SMILES string of the molecule is CCCN(C(=O)CSCc1cn2cc(C)ccc2n1)C1CCNCC1. The van der Waals surface area contributed by atoms with Crippen LogP contribution in [-0.4, -0.2) is 51.6 Å². The number of hydrogen-bond acceptors (Lipinski definition) is 4. The fraction of sp³-hybridized carbons (Fsp3) is 0.579. The van der Waals surface area contributed by atoms with E-state index in [0.717, 1.165) is 56.0 Å². The zero-order valence-electron chi connectivity index (χ0n) is 15.2. The van der Waals surface area contributed by atoms with Gasteiger partial charge in [0.15, 0.2) is 0 Å². The Kier molecular flexibility index (Phi) is 6.37. The first kappa shape index (κ1) is 18.3. The van der Waals surface area contributed by atoms with Gasteiger partial charge in [0.1, 0.15) is 5.65 Å². The fourth-order valence-corrected chi connectivity index (χ4v) is 4.21. The zero-order valence-corrected chi connectivity index (χ0v) is 16.0. The quantitative estimate of drug-likeness (QED) is 0.825.